The normalized spacial score (nSPS) is 17.1. The predicted octanol–water partition coefficient (Wildman–Crippen LogP) is 3.12. The number of hydrogen-bond acceptors (Lipinski definition) is 2. The van der Waals surface area contributed by atoms with Gasteiger partial charge < -0.3 is 9.64 Å². The highest BCUT2D eigenvalue weighted by molar-refractivity contribution is 5.69. The molecular weight excluding hydrogens is 235 g/mol. The third kappa shape index (κ3) is 5.10. The first kappa shape index (κ1) is 13.9. The van der Waals surface area contributed by atoms with Crippen molar-refractivity contribution in [3.63, 3.8) is 0 Å². The van der Waals surface area contributed by atoms with Crippen molar-refractivity contribution in [2.45, 2.75) is 39.0 Å². The van der Waals surface area contributed by atoms with E-state index >= 15 is 0 Å². The molecule has 0 unspecified atom stereocenters. The number of alkyl halides is 3. The van der Waals surface area contributed by atoms with E-state index in [1.165, 1.54) is 11.0 Å². The minimum absolute atomic E-state index is 0.00553. The summed E-state index contributed by atoms with van der Waals surface area (Å²) < 4.78 is 41.5. The molecule has 1 aliphatic heterocycles. The molecule has 3 nitrogen and oxygen atoms in total. The minimum atomic E-state index is -4.23. The van der Waals surface area contributed by atoms with Gasteiger partial charge in [0.2, 0.25) is 0 Å². The van der Waals surface area contributed by atoms with Crippen LogP contribution < -0.4 is 0 Å². The molecule has 0 aromatic rings. The molecule has 6 heteroatoms. The zero-order chi connectivity index (χ0) is 13.3. The van der Waals surface area contributed by atoms with Crippen molar-refractivity contribution in [3.05, 3.63) is 11.6 Å². The lowest BCUT2D eigenvalue weighted by Crippen LogP contribution is -2.35. The molecule has 0 aromatic heterocycles. The van der Waals surface area contributed by atoms with Crippen molar-refractivity contribution >= 4 is 6.09 Å². The molecule has 1 heterocycles. The number of amides is 1. The van der Waals surface area contributed by atoms with Crippen molar-refractivity contribution in [1.82, 2.24) is 4.90 Å². The van der Waals surface area contributed by atoms with E-state index in [2.05, 4.69) is 0 Å². The molecule has 0 bridgehead atoms. The van der Waals surface area contributed by atoms with Crippen molar-refractivity contribution in [2.24, 2.45) is 0 Å². The summed E-state index contributed by atoms with van der Waals surface area (Å²) in [4.78, 5) is 12.8. The Kier molecular flexibility index (Phi) is 3.74. The quantitative estimate of drug-likeness (QED) is 0.670. The summed E-state index contributed by atoms with van der Waals surface area (Å²) in [6, 6.07) is 0. The summed E-state index contributed by atoms with van der Waals surface area (Å²) in [5, 5.41) is 0. The first-order valence-electron chi connectivity index (χ1n) is 5.29. The molecule has 0 aliphatic carbocycles. The molecule has 98 valence electrons. The van der Waals surface area contributed by atoms with Crippen molar-refractivity contribution in [2.75, 3.05) is 13.1 Å². The Bertz CT molecular complexity index is 329. The van der Waals surface area contributed by atoms with Gasteiger partial charge in [0, 0.05) is 13.1 Å². The van der Waals surface area contributed by atoms with Gasteiger partial charge in [0.05, 0.1) is 6.42 Å². The van der Waals surface area contributed by atoms with Crippen LogP contribution in [0.25, 0.3) is 0 Å². The maximum atomic E-state index is 12.1. The largest absolute Gasteiger partial charge is 0.444 e. The molecule has 0 N–H and O–H groups in total. The first-order valence-corrected chi connectivity index (χ1v) is 5.29. The van der Waals surface area contributed by atoms with Gasteiger partial charge in [-0.25, -0.2) is 4.79 Å². The minimum Gasteiger partial charge on any atom is -0.444 e. The van der Waals surface area contributed by atoms with Gasteiger partial charge in [-0.2, -0.15) is 13.2 Å². The number of carbonyl (C=O) groups excluding carboxylic acids is 1. The predicted molar refractivity (Wildman–Crippen MR) is 56.6 cm³/mol. The molecule has 1 amide bonds. The topological polar surface area (TPSA) is 29.5 Å². The molecule has 17 heavy (non-hydrogen) atoms. The number of halogens is 3. The molecular formula is C11H16F3NO2. The molecule has 0 atom stereocenters. The van der Waals surface area contributed by atoms with Crippen LogP contribution in [-0.4, -0.2) is 35.9 Å². The van der Waals surface area contributed by atoms with Crippen LogP contribution in [0.15, 0.2) is 11.6 Å². The summed E-state index contributed by atoms with van der Waals surface area (Å²) in [6.07, 6.45) is -4.34. The number of rotatable bonds is 1. The summed E-state index contributed by atoms with van der Waals surface area (Å²) in [7, 11) is 0. The standard InChI is InChI=1S/C11H16F3NO2/c1-10(2,3)17-9(16)15-5-4-8(7-15)6-11(12,13)14/h4H,5-7H2,1-3H3. The lowest BCUT2D eigenvalue weighted by Gasteiger charge is -2.24. The Balaban J connectivity index is 2.46. The van der Waals surface area contributed by atoms with Crippen LogP contribution in [0.2, 0.25) is 0 Å². The van der Waals surface area contributed by atoms with E-state index in [-0.39, 0.29) is 18.7 Å². The van der Waals surface area contributed by atoms with Crippen molar-refractivity contribution < 1.29 is 22.7 Å². The monoisotopic (exact) mass is 251 g/mol. The van der Waals surface area contributed by atoms with Crippen LogP contribution in [0, 0.1) is 0 Å². The Hall–Kier alpha value is -1.20. The van der Waals surface area contributed by atoms with Crippen LogP contribution in [0.1, 0.15) is 27.2 Å². The molecule has 0 radical (unpaired) electrons. The highest BCUT2D eigenvalue weighted by Crippen LogP contribution is 2.27. The van der Waals surface area contributed by atoms with Crippen molar-refractivity contribution in [3.8, 4) is 0 Å². The third-order valence-electron chi connectivity index (χ3n) is 2.07. The molecule has 1 rings (SSSR count). The van der Waals surface area contributed by atoms with Crippen LogP contribution in [0.4, 0.5) is 18.0 Å². The van der Waals surface area contributed by atoms with Crippen molar-refractivity contribution in [1.29, 1.82) is 0 Å². The summed E-state index contributed by atoms with van der Waals surface area (Å²) in [5.74, 6) is 0. The smallest absolute Gasteiger partial charge is 0.410 e. The lowest BCUT2D eigenvalue weighted by atomic mass is 10.2. The van der Waals surface area contributed by atoms with E-state index in [0.717, 1.165) is 0 Å². The second-order valence-corrected chi connectivity index (χ2v) is 5.02. The Morgan fingerprint density at radius 3 is 2.47 bits per heavy atom. The zero-order valence-corrected chi connectivity index (χ0v) is 10.1. The fourth-order valence-corrected chi connectivity index (χ4v) is 1.46. The van der Waals surface area contributed by atoms with E-state index < -0.39 is 24.3 Å². The second-order valence-electron chi connectivity index (χ2n) is 5.02. The molecule has 1 aliphatic rings. The van der Waals surface area contributed by atoms with Crippen LogP contribution in [-0.2, 0) is 4.74 Å². The zero-order valence-electron chi connectivity index (χ0n) is 10.1. The van der Waals surface area contributed by atoms with Gasteiger partial charge in [-0.05, 0) is 26.3 Å². The Morgan fingerprint density at radius 2 is 2.00 bits per heavy atom. The molecule has 0 aromatic carbocycles. The van der Waals surface area contributed by atoms with Gasteiger partial charge in [-0.1, -0.05) is 6.08 Å². The number of hydrogen-bond donors (Lipinski definition) is 0. The SMILES string of the molecule is CC(C)(C)OC(=O)N1CC=C(CC(F)(F)F)C1. The fourth-order valence-electron chi connectivity index (χ4n) is 1.46. The maximum absolute atomic E-state index is 12.1. The maximum Gasteiger partial charge on any atom is 0.410 e. The van der Waals surface area contributed by atoms with Crippen LogP contribution >= 0.6 is 0 Å². The number of carbonyl (C=O) groups is 1. The van der Waals surface area contributed by atoms with E-state index in [1.54, 1.807) is 20.8 Å². The van der Waals surface area contributed by atoms with Gasteiger partial charge in [0.25, 0.3) is 0 Å². The van der Waals surface area contributed by atoms with Gasteiger partial charge in [-0.15, -0.1) is 0 Å². The van der Waals surface area contributed by atoms with Gasteiger partial charge >= 0.3 is 12.3 Å². The van der Waals surface area contributed by atoms with Gasteiger partial charge in [-0.3, -0.25) is 0 Å². The first-order chi connectivity index (χ1) is 7.57. The highest BCUT2D eigenvalue weighted by atomic mass is 19.4. The third-order valence-corrected chi connectivity index (χ3v) is 2.07. The van der Waals surface area contributed by atoms with Crippen LogP contribution in [0.5, 0.6) is 0 Å². The van der Waals surface area contributed by atoms with E-state index in [0.29, 0.717) is 0 Å². The average molecular weight is 251 g/mol. The summed E-state index contributed by atoms with van der Waals surface area (Å²) in [6.45, 7) is 5.32. The van der Waals surface area contributed by atoms with Gasteiger partial charge in [0.1, 0.15) is 5.60 Å². The summed E-state index contributed by atoms with van der Waals surface area (Å²) in [5.41, 5.74) is -0.424. The molecule has 0 fully saturated rings. The summed E-state index contributed by atoms with van der Waals surface area (Å²) >= 11 is 0. The van der Waals surface area contributed by atoms with E-state index in [1.807, 2.05) is 0 Å². The average Bonchev–Trinajstić information content (AvgIpc) is 2.45. The Morgan fingerprint density at radius 1 is 1.41 bits per heavy atom. The van der Waals surface area contributed by atoms with Crippen LogP contribution in [0.3, 0.4) is 0 Å². The molecule has 0 saturated heterocycles. The Labute approximate surface area is 98.2 Å². The number of ether oxygens (including phenoxy) is 1. The molecule has 0 saturated carbocycles. The van der Waals surface area contributed by atoms with E-state index in [4.69, 9.17) is 4.74 Å². The second kappa shape index (κ2) is 4.58. The highest BCUT2D eigenvalue weighted by Gasteiger charge is 2.33. The van der Waals surface area contributed by atoms with Gasteiger partial charge in [0.15, 0.2) is 0 Å². The fraction of sp³-hybridized carbons (Fsp3) is 0.727. The van der Waals surface area contributed by atoms with E-state index in [9.17, 15) is 18.0 Å². The number of nitrogens with zero attached hydrogens (tertiary/aromatic N) is 1. The molecule has 0 spiro atoms. The lowest BCUT2D eigenvalue weighted by molar-refractivity contribution is -0.127.